The fourth-order valence-corrected chi connectivity index (χ4v) is 4.62. The average Bonchev–Trinajstić information content (AvgIpc) is 3.28. The van der Waals surface area contributed by atoms with Crippen LogP contribution in [0.2, 0.25) is 0 Å². The van der Waals surface area contributed by atoms with E-state index in [-0.39, 0.29) is 11.7 Å². The van der Waals surface area contributed by atoms with Crippen LogP contribution in [0.4, 0.5) is 23.2 Å². The topological polar surface area (TPSA) is 116 Å². The summed E-state index contributed by atoms with van der Waals surface area (Å²) in [4.78, 5) is 22.3. The molecule has 6 nitrogen and oxygen atoms in total. The molecule has 4 rings (SSSR count). The van der Waals surface area contributed by atoms with Crippen molar-refractivity contribution in [2.45, 2.75) is 25.4 Å². The van der Waals surface area contributed by atoms with Gasteiger partial charge in [-0.15, -0.1) is 11.3 Å². The molecule has 4 aromatic rings. The van der Waals surface area contributed by atoms with Crippen LogP contribution in [0.1, 0.15) is 28.2 Å². The molecule has 0 aliphatic heterocycles. The van der Waals surface area contributed by atoms with E-state index in [1.165, 1.54) is 12.1 Å². The number of carboxylic acids is 1. The van der Waals surface area contributed by atoms with E-state index in [1.54, 1.807) is 17.4 Å². The van der Waals surface area contributed by atoms with Gasteiger partial charge in [0.15, 0.2) is 0 Å². The van der Waals surface area contributed by atoms with E-state index in [1.807, 2.05) is 60.8 Å². The largest absolute Gasteiger partial charge is 0.490 e. The second kappa shape index (κ2) is 11.9. The number of carbonyl (C=O) groups excluding carboxylic acids is 1. The van der Waals surface area contributed by atoms with Crippen LogP contribution >= 0.6 is 11.3 Å². The Hall–Kier alpha value is -4.25. The quantitative estimate of drug-likeness (QED) is 0.131. The Morgan fingerprint density at radius 1 is 1.08 bits per heavy atom. The lowest BCUT2D eigenvalue weighted by Crippen LogP contribution is -2.23. The van der Waals surface area contributed by atoms with Gasteiger partial charge in [0.05, 0.1) is 5.92 Å². The molecule has 0 aliphatic rings. The molecule has 1 unspecified atom stereocenters. The molecule has 1 heterocycles. The summed E-state index contributed by atoms with van der Waals surface area (Å²) in [6.45, 7) is 1.83. The predicted molar refractivity (Wildman–Crippen MR) is 139 cm³/mol. The van der Waals surface area contributed by atoms with Crippen molar-refractivity contribution in [1.82, 2.24) is 0 Å². The zero-order chi connectivity index (χ0) is 28.0. The number of amidine groups is 1. The van der Waals surface area contributed by atoms with Crippen molar-refractivity contribution in [3.05, 3.63) is 100 Å². The van der Waals surface area contributed by atoms with Crippen LogP contribution in [0.5, 0.6) is 0 Å². The maximum absolute atomic E-state index is 13.8. The zero-order valence-electron chi connectivity index (χ0n) is 20.0. The lowest BCUT2D eigenvalue weighted by Gasteiger charge is -2.18. The highest BCUT2D eigenvalue weighted by molar-refractivity contribution is 7.17. The summed E-state index contributed by atoms with van der Waals surface area (Å²) in [5.74, 6) is -3.86. The van der Waals surface area contributed by atoms with Crippen molar-refractivity contribution in [3.8, 4) is 0 Å². The van der Waals surface area contributed by atoms with Gasteiger partial charge in [0.25, 0.3) is 0 Å². The average molecular weight is 546 g/mol. The highest BCUT2D eigenvalue weighted by Crippen LogP contribution is 2.35. The van der Waals surface area contributed by atoms with Crippen molar-refractivity contribution >= 4 is 44.8 Å². The fourth-order valence-electron chi connectivity index (χ4n) is 3.63. The molecule has 0 fully saturated rings. The summed E-state index contributed by atoms with van der Waals surface area (Å²) in [7, 11) is 0. The first-order valence-corrected chi connectivity index (χ1v) is 12.0. The summed E-state index contributed by atoms with van der Waals surface area (Å²) < 4.78 is 46.5. The monoisotopic (exact) mass is 545 g/mol. The number of carbonyl (C=O) groups is 2. The number of aliphatic carboxylic acids is 1. The SMILES string of the molecule is Cc1ccc(F)cc1NC(=O)C(Cc1ccccc1)c1csc2ccc(C(=N)N)cc12.O=C(O)C(F)(F)F. The Kier molecular flexibility index (Phi) is 8.84. The minimum Gasteiger partial charge on any atom is -0.475 e. The normalized spacial score (nSPS) is 11.8. The third kappa shape index (κ3) is 7.16. The summed E-state index contributed by atoms with van der Waals surface area (Å²) in [6, 6.07) is 19.8. The minimum absolute atomic E-state index is 0.0153. The number of anilines is 1. The lowest BCUT2D eigenvalue weighted by atomic mass is 9.90. The molecule has 3 aromatic carbocycles. The number of hydrogen-bond donors (Lipinski definition) is 4. The molecule has 1 atom stereocenters. The van der Waals surface area contributed by atoms with Crippen molar-refractivity contribution in [1.29, 1.82) is 5.41 Å². The lowest BCUT2D eigenvalue weighted by molar-refractivity contribution is -0.192. The van der Waals surface area contributed by atoms with Crippen LogP contribution in [-0.2, 0) is 16.0 Å². The predicted octanol–water partition coefficient (Wildman–Crippen LogP) is 6.23. The summed E-state index contributed by atoms with van der Waals surface area (Å²) in [5, 5.41) is 20.7. The van der Waals surface area contributed by atoms with Crippen LogP contribution in [0, 0.1) is 18.2 Å². The summed E-state index contributed by atoms with van der Waals surface area (Å²) in [5.41, 5.74) is 9.47. The van der Waals surface area contributed by atoms with E-state index in [9.17, 15) is 22.4 Å². The van der Waals surface area contributed by atoms with E-state index < -0.39 is 23.9 Å². The zero-order valence-corrected chi connectivity index (χ0v) is 20.8. The fraction of sp³-hybridized carbons (Fsp3) is 0.148. The number of aryl methyl sites for hydroxylation is 1. The van der Waals surface area contributed by atoms with Gasteiger partial charge >= 0.3 is 12.1 Å². The highest BCUT2D eigenvalue weighted by Gasteiger charge is 2.38. The molecule has 5 N–H and O–H groups in total. The molecular weight excluding hydrogens is 522 g/mol. The Morgan fingerprint density at radius 2 is 1.74 bits per heavy atom. The maximum Gasteiger partial charge on any atom is 0.490 e. The van der Waals surface area contributed by atoms with E-state index in [2.05, 4.69) is 5.32 Å². The molecule has 0 spiro atoms. The number of benzene rings is 3. The van der Waals surface area contributed by atoms with E-state index in [4.69, 9.17) is 21.0 Å². The van der Waals surface area contributed by atoms with Crippen LogP contribution in [0.25, 0.3) is 10.1 Å². The number of hydrogen-bond acceptors (Lipinski definition) is 4. The van der Waals surface area contributed by atoms with Crippen LogP contribution < -0.4 is 11.1 Å². The first-order chi connectivity index (χ1) is 17.9. The molecule has 1 amide bonds. The molecule has 0 saturated heterocycles. The Labute approximate surface area is 219 Å². The molecule has 0 bridgehead atoms. The van der Waals surface area contributed by atoms with Crippen LogP contribution in [0.3, 0.4) is 0 Å². The second-order valence-electron chi connectivity index (χ2n) is 8.31. The van der Waals surface area contributed by atoms with E-state index in [0.29, 0.717) is 17.7 Å². The minimum atomic E-state index is -5.08. The number of nitrogens with one attached hydrogen (secondary N) is 2. The smallest absolute Gasteiger partial charge is 0.475 e. The molecule has 11 heteroatoms. The first kappa shape index (κ1) is 28.3. The summed E-state index contributed by atoms with van der Waals surface area (Å²) >= 11 is 1.55. The number of thiophene rings is 1. The Morgan fingerprint density at radius 3 is 2.34 bits per heavy atom. The van der Waals surface area contributed by atoms with Gasteiger partial charge in [-0.05, 0) is 71.1 Å². The third-order valence-corrected chi connectivity index (χ3v) is 6.57. The molecule has 0 saturated carbocycles. The van der Waals surface area contributed by atoms with E-state index in [0.717, 1.165) is 26.8 Å². The van der Waals surface area contributed by atoms with Gasteiger partial charge in [0.1, 0.15) is 11.7 Å². The van der Waals surface area contributed by atoms with Crippen LogP contribution in [0.15, 0.2) is 72.1 Å². The number of fused-ring (bicyclic) bond motifs is 1. The van der Waals surface area contributed by atoms with Gasteiger partial charge in [0, 0.05) is 16.0 Å². The summed E-state index contributed by atoms with van der Waals surface area (Å²) in [6.07, 6.45) is -4.59. The molecular formula is C27H23F4N3O3S. The number of nitrogens with two attached hydrogens (primary N) is 1. The van der Waals surface area contributed by atoms with Crippen LogP contribution in [-0.4, -0.2) is 29.0 Å². The molecule has 38 heavy (non-hydrogen) atoms. The van der Waals surface area contributed by atoms with Crippen molar-refractivity contribution in [2.75, 3.05) is 5.32 Å². The van der Waals surface area contributed by atoms with Gasteiger partial charge < -0.3 is 16.2 Å². The van der Waals surface area contributed by atoms with Crippen molar-refractivity contribution in [3.63, 3.8) is 0 Å². The molecule has 0 radical (unpaired) electrons. The van der Waals surface area contributed by atoms with E-state index >= 15 is 0 Å². The number of alkyl halides is 3. The second-order valence-corrected chi connectivity index (χ2v) is 9.22. The van der Waals surface area contributed by atoms with Crippen molar-refractivity contribution < 1.29 is 32.3 Å². The van der Waals surface area contributed by atoms with Gasteiger partial charge in [-0.1, -0.05) is 36.4 Å². The van der Waals surface area contributed by atoms with Gasteiger partial charge in [0.2, 0.25) is 5.91 Å². The highest BCUT2D eigenvalue weighted by atomic mass is 32.1. The third-order valence-electron chi connectivity index (χ3n) is 5.59. The van der Waals surface area contributed by atoms with Gasteiger partial charge in [-0.2, -0.15) is 13.2 Å². The number of nitrogen functional groups attached to an aromatic ring is 1. The van der Waals surface area contributed by atoms with Crippen molar-refractivity contribution in [2.24, 2.45) is 5.73 Å². The maximum atomic E-state index is 13.8. The number of halogens is 4. The Bertz CT molecular complexity index is 1470. The number of carboxylic acid groups (broad SMARTS) is 1. The molecule has 1 aromatic heterocycles. The van der Waals surface area contributed by atoms with Gasteiger partial charge in [-0.25, -0.2) is 9.18 Å². The molecule has 198 valence electrons. The number of rotatable bonds is 6. The molecule has 0 aliphatic carbocycles. The standard InChI is InChI=1S/C25H22FN3OS.C2HF3O2/c1-15-7-9-18(26)13-22(15)29-25(30)20(11-16-5-3-2-4-6-16)21-14-31-23-10-8-17(24(27)28)12-19(21)23;3-2(4,5)1(6)7/h2-10,12-14,20H,11H2,1H3,(H3,27,28)(H,29,30);(H,6,7). The first-order valence-electron chi connectivity index (χ1n) is 11.1. The van der Waals surface area contributed by atoms with Gasteiger partial charge in [-0.3, -0.25) is 10.2 Å². The number of amides is 1. The Balaban J connectivity index is 0.000000505.